The van der Waals surface area contributed by atoms with Crippen LogP contribution in [0.5, 0.6) is 0 Å². The smallest absolute Gasteiger partial charge is 0.373 e. The highest BCUT2D eigenvalue weighted by Crippen LogP contribution is 2.30. The molecule has 7 nitrogen and oxygen atoms in total. The minimum absolute atomic E-state index is 0. The molecule has 0 radical (unpaired) electrons. The van der Waals surface area contributed by atoms with Crippen LogP contribution in [0.2, 0.25) is 0 Å². The van der Waals surface area contributed by atoms with Crippen LogP contribution < -0.4 is 5.32 Å². The molecule has 2 aromatic rings. The number of piperazine rings is 1. The average Bonchev–Trinajstić information content (AvgIpc) is 2.72. The van der Waals surface area contributed by atoms with E-state index in [1.54, 1.807) is 37.9 Å². The number of sulfonamides is 1. The largest absolute Gasteiger partial charge is 0.416 e. The Hall–Kier alpha value is -2.37. The Morgan fingerprint density at radius 3 is 2.25 bits per heavy atom. The zero-order valence-electron chi connectivity index (χ0n) is 17.7. The van der Waals surface area contributed by atoms with Gasteiger partial charge in [0, 0.05) is 32.7 Å². The van der Waals surface area contributed by atoms with Gasteiger partial charge in [0.25, 0.3) is 5.91 Å². The number of nitrogens with zero attached hydrogens (tertiary/aromatic N) is 3. The molecule has 1 atom stereocenters. The Balaban J connectivity index is 0.00000363. The first-order valence-corrected chi connectivity index (χ1v) is 11.0. The Labute approximate surface area is 191 Å². The summed E-state index contributed by atoms with van der Waals surface area (Å²) in [6.45, 7) is 3.70. The number of hydrogen-bond acceptors (Lipinski definition) is 5. The fourth-order valence-corrected chi connectivity index (χ4v) is 5.00. The van der Waals surface area contributed by atoms with E-state index in [2.05, 4.69) is 10.3 Å². The topological polar surface area (TPSA) is 82.6 Å². The van der Waals surface area contributed by atoms with Crippen molar-refractivity contribution in [3.05, 3.63) is 53.2 Å². The predicted molar refractivity (Wildman–Crippen MR) is 116 cm³/mol. The average molecular weight is 493 g/mol. The van der Waals surface area contributed by atoms with Gasteiger partial charge in [0.1, 0.15) is 5.82 Å². The van der Waals surface area contributed by atoms with Crippen molar-refractivity contribution >= 4 is 34.2 Å². The van der Waals surface area contributed by atoms with Crippen LogP contribution in [0.1, 0.15) is 28.5 Å². The summed E-state index contributed by atoms with van der Waals surface area (Å²) in [5, 5.41) is 2.90. The molecule has 1 aromatic carbocycles. The second-order valence-electron chi connectivity index (χ2n) is 7.31. The molecular formula is C20H24ClF3N4O3S. The number of alkyl halides is 3. The molecular weight excluding hydrogens is 469 g/mol. The van der Waals surface area contributed by atoms with Gasteiger partial charge in [-0.25, -0.2) is 13.4 Å². The summed E-state index contributed by atoms with van der Waals surface area (Å²) < 4.78 is 65.2. The van der Waals surface area contributed by atoms with Crippen molar-refractivity contribution in [1.82, 2.24) is 14.2 Å². The van der Waals surface area contributed by atoms with Gasteiger partial charge in [-0.05, 0) is 50.2 Å². The highest BCUT2D eigenvalue weighted by molar-refractivity contribution is 7.89. The van der Waals surface area contributed by atoms with Gasteiger partial charge in [0.05, 0.1) is 21.7 Å². The van der Waals surface area contributed by atoms with E-state index in [-0.39, 0.29) is 42.8 Å². The lowest BCUT2D eigenvalue weighted by molar-refractivity contribution is -0.137. The minimum Gasteiger partial charge on any atom is -0.373 e. The van der Waals surface area contributed by atoms with E-state index in [9.17, 15) is 26.4 Å². The summed E-state index contributed by atoms with van der Waals surface area (Å²) >= 11 is 0. The molecule has 0 saturated carbocycles. The van der Waals surface area contributed by atoms with Crippen LogP contribution >= 0.6 is 12.4 Å². The fourth-order valence-electron chi connectivity index (χ4n) is 3.49. The Morgan fingerprint density at radius 2 is 1.75 bits per heavy atom. The molecule has 1 saturated heterocycles. The van der Waals surface area contributed by atoms with E-state index in [0.717, 1.165) is 24.3 Å². The van der Waals surface area contributed by atoms with Gasteiger partial charge >= 0.3 is 6.18 Å². The van der Waals surface area contributed by atoms with Crippen molar-refractivity contribution in [2.45, 2.75) is 31.0 Å². The Bertz CT molecular complexity index is 1080. The van der Waals surface area contributed by atoms with Gasteiger partial charge in [0.15, 0.2) is 0 Å². The van der Waals surface area contributed by atoms with Crippen LogP contribution in [0.15, 0.2) is 41.3 Å². The van der Waals surface area contributed by atoms with Crippen molar-refractivity contribution in [3.63, 3.8) is 0 Å². The molecule has 0 spiro atoms. The van der Waals surface area contributed by atoms with Crippen molar-refractivity contribution in [1.29, 1.82) is 0 Å². The van der Waals surface area contributed by atoms with E-state index < -0.39 is 27.8 Å². The van der Waals surface area contributed by atoms with E-state index in [1.807, 2.05) is 0 Å². The van der Waals surface area contributed by atoms with E-state index in [4.69, 9.17) is 0 Å². The highest BCUT2D eigenvalue weighted by Gasteiger charge is 2.36. The molecule has 1 amide bonds. The molecule has 12 heteroatoms. The van der Waals surface area contributed by atoms with Crippen LogP contribution in [0, 0.1) is 6.92 Å². The van der Waals surface area contributed by atoms with Crippen molar-refractivity contribution in [3.8, 4) is 0 Å². The van der Waals surface area contributed by atoms with Gasteiger partial charge < -0.3 is 10.2 Å². The normalized spacial score (nSPS) is 17.6. The van der Waals surface area contributed by atoms with Crippen molar-refractivity contribution in [2.75, 3.05) is 32.0 Å². The standard InChI is InChI=1S/C20H23F3N4O3S.ClH/c1-13-12-26(31(29,30)16-6-4-15(5-7-16)20(21,22)23)10-11-27(13)19(28)17-8-9-18(24-3)25-14(17)2;/h4-9,13H,10-12H2,1-3H3,(H,24,25);1H/t13-;/m0./s1. The summed E-state index contributed by atoms with van der Waals surface area (Å²) in [6, 6.07) is 6.36. The molecule has 1 aromatic heterocycles. The highest BCUT2D eigenvalue weighted by atomic mass is 35.5. The fraction of sp³-hybridized carbons (Fsp3) is 0.400. The molecule has 2 heterocycles. The van der Waals surface area contributed by atoms with Crippen LogP contribution in [0.3, 0.4) is 0 Å². The summed E-state index contributed by atoms with van der Waals surface area (Å²) in [5.41, 5.74) is 0.0808. The molecule has 1 aliphatic rings. The lowest BCUT2D eigenvalue weighted by Crippen LogP contribution is -2.55. The maximum atomic E-state index is 13.0. The third kappa shape index (κ3) is 5.16. The maximum Gasteiger partial charge on any atom is 0.416 e. The van der Waals surface area contributed by atoms with E-state index in [1.165, 1.54) is 4.31 Å². The first-order valence-electron chi connectivity index (χ1n) is 9.59. The third-order valence-corrected chi connectivity index (χ3v) is 7.12. The number of pyridine rings is 1. The second-order valence-corrected chi connectivity index (χ2v) is 9.25. The molecule has 1 aliphatic heterocycles. The number of nitrogens with one attached hydrogen (secondary N) is 1. The first kappa shape index (κ1) is 25.9. The lowest BCUT2D eigenvalue weighted by atomic mass is 10.1. The quantitative estimate of drug-likeness (QED) is 0.707. The molecule has 0 aliphatic carbocycles. The number of aromatic nitrogens is 1. The SMILES string of the molecule is CNc1ccc(C(=O)N2CCN(S(=O)(=O)c3ccc(C(F)(F)F)cc3)C[C@@H]2C)c(C)n1.Cl. The number of aryl methyl sites for hydroxylation is 1. The second kappa shape index (κ2) is 9.63. The summed E-state index contributed by atoms with van der Waals surface area (Å²) in [4.78, 5) is 18.7. The van der Waals surface area contributed by atoms with Gasteiger partial charge in [-0.1, -0.05) is 0 Å². The van der Waals surface area contributed by atoms with Gasteiger partial charge in [0.2, 0.25) is 10.0 Å². The van der Waals surface area contributed by atoms with E-state index >= 15 is 0 Å². The van der Waals surface area contributed by atoms with E-state index in [0.29, 0.717) is 17.1 Å². The number of anilines is 1. The summed E-state index contributed by atoms with van der Waals surface area (Å²) in [6.07, 6.45) is -4.54. The molecule has 1 N–H and O–H groups in total. The number of carbonyl (C=O) groups excluding carboxylic acids is 1. The van der Waals surface area contributed by atoms with Gasteiger partial charge in [-0.15, -0.1) is 12.4 Å². The molecule has 32 heavy (non-hydrogen) atoms. The van der Waals surface area contributed by atoms with Gasteiger partial charge in [-0.3, -0.25) is 4.79 Å². The first-order chi connectivity index (χ1) is 14.4. The zero-order chi connectivity index (χ0) is 23.0. The zero-order valence-corrected chi connectivity index (χ0v) is 19.3. The Kier molecular flexibility index (Phi) is 7.79. The molecule has 1 fully saturated rings. The number of carbonyl (C=O) groups is 1. The minimum atomic E-state index is -4.54. The molecule has 0 bridgehead atoms. The summed E-state index contributed by atoms with van der Waals surface area (Å²) in [5.74, 6) is 0.390. The number of amides is 1. The van der Waals surface area contributed by atoms with Crippen LogP contribution in [0.25, 0.3) is 0 Å². The monoisotopic (exact) mass is 492 g/mol. The molecule has 0 unspecified atom stereocenters. The predicted octanol–water partition coefficient (Wildman–Crippen LogP) is 3.41. The molecule has 176 valence electrons. The van der Waals surface area contributed by atoms with Crippen LogP contribution in [-0.4, -0.2) is 61.2 Å². The maximum absolute atomic E-state index is 13.0. The van der Waals surface area contributed by atoms with Crippen LogP contribution in [0.4, 0.5) is 19.0 Å². The number of halogens is 4. The summed E-state index contributed by atoms with van der Waals surface area (Å²) in [7, 11) is -2.26. The lowest BCUT2D eigenvalue weighted by Gasteiger charge is -2.39. The third-order valence-electron chi connectivity index (χ3n) is 5.24. The number of rotatable bonds is 4. The number of hydrogen-bond donors (Lipinski definition) is 1. The Morgan fingerprint density at radius 1 is 1.12 bits per heavy atom. The molecule has 3 rings (SSSR count). The van der Waals surface area contributed by atoms with Crippen LogP contribution in [-0.2, 0) is 16.2 Å². The van der Waals surface area contributed by atoms with Crippen molar-refractivity contribution < 1.29 is 26.4 Å². The van der Waals surface area contributed by atoms with Gasteiger partial charge in [-0.2, -0.15) is 17.5 Å². The van der Waals surface area contributed by atoms with Crippen molar-refractivity contribution in [2.24, 2.45) is 0 Å². The number of benzene rings is 1.